The lowest BCUT2D eigenvalue weighted by atomic mass is 9.91. The van der Waals surface area contributed by atoms with Crippen LogP contribution in [0.25, 0.3) is 0 Å². The summed E-state index contributed by atoms with van der Waals surface area (Å²) in [4.78, 5) is 22.9. The molecule has 1 aliphatic carbocycles. The first-order chi connectivity index (χ1) is 12.1. The van der Waals surface area contributed by atoms with Crippen LogP contribution in [0.3, 0.4) is 0 Å². The lowest BCUT2D eigenvalue weighted by Crippen LogP contribution is -2.35. The van der Waals surface area contributed by atoms with Gasteiger partial charge in [-0.1, -0.05) is 34.7 Å². The van der Waals surface area contributed by atoms with Crippen molar-refractivity contribution < 1.29 is 4.79 Å². The number of carbonyl (C=O) groups excluding carboxylic acids is 1. The van der Waals surface area contributed by atoms with Gasteiger partial charge in [0, 0.05) is 35.9 Å². The quantitative estimate of drug-likeness (QED) is 0.398. The van der Waals surface area contributed by atoms with E-state index in [1.54, 1.807) is 18.6 Å². The van der Waals surface area contributed by atoms with Crippen molar-refractivity contribution in [2.75, 3.05) is 11.9 Å². The molecule has 1 aromatic rings. The molecule has 128 valence electrons. The molecule has 8 heteroatoms. The Morgan fingerprint density at radius 2 is 2.24 bits per heavy atom. The Balaban J connectivity index is 1.60. The third-order valence-electron chi connectivity index (χ3n) is 4.46. The fourth-order valence-electron chi connectivity index (χ4n) is 3.43. The highest BCUT2D eigenvalue weighted by Gasteiger charge is 2.44. The van der Waals surface area contributed by atoms with Crippen molar-refractivity contribution in [2.45, 2.75) is 16.8 Å². The summed E-state index contributed by atoms with van der Waals surface area (Å²) in [5, 5.41) is 6.69. The molecule has 0 saturated carbocycles. The molecule has 2 N–H and O–H groups in total. The van der Waals surface area contributed by atoms with Crippen LogP contribution in [0.4, 0.5) is 5.82 Å². The van der Waals surface area contributed by atoms with E-state index in [4.69, 9.17) is 12.2 Å². The molecule has 1 amide bonds. The van der Waals surface area contributed by atoms with Crippen molar-refractivity contribution in [2.24, 2.45) is 5.92 Å². The molecule has 1 aromatic heterocycles. The lowest BCUT2D eigenvalue weighted by molar-refractivity contribution is -0.129. The molecule has 25 heavy (non-hydrogen) atoms. The van der Waals surface area contributed by atoms with Crippen LogP contribution in [-0.2, 0) is 4.79 Å². The summed E-state index contributed by atoms with van der Waals surface area (Å²) in [6, 6.07) is 0. The lowest BCUT2D eigenvalue weighted by Gasteiger charge is -2.30. The summed E-state index contributed by atoms with van der Waals surface area (Å²) in [5.74, 6) is 0.537. The Hall–Kier alpha value is -1.81. The molecule has 0 spiro atoms. The molecular formula is C17H16IN5OS. The number of anilines is 1. The second kappa shape index (κ2) is 6.83. The number of nitrogens with one attached hydrogen (secondary N) is 2. The van der Waals surface area contributed by atoms with Gasteiger partial charge in [0.15, 0.2) is 10.9 Å². The van der Waals surface area contributed by atoms with Gasteiger partial charge >= 0.3 is 0 Å². The number of piperidine rings is 1. The highest BCUT2D eigenvalue weighted by atomic mass is 127. The number of fused-ring (bicyclic) bond motifs is 2. The predicted molar refractivity (Wildman–Crippen MR) is 108 cm³/mol. The number of carbonyl (C=O) groups is 1. The van der Waals surface area contributed by atoms with Crippen molar-refractivity contribution in [3.05, 3.63) is 53.8 Å². The number of hydrogen-bond donors (Lipinski definition) is 2. The Labute approximate surface area is 164 Å². The van der Waals surface area contributed by atoms with E-state index in [1.807, 2.05) is 23.1 Å². The second-order valence-electron chi connectivity index (χ2n) is 6.01. The van der Waals surface area contributed by atoms with Crippen LogP contribution in [0.5, 0.6) is 0 Å². The van der Waals surface area contributed by atoms with Crippen LogP contribution in [0.15, 0.2) is 53.8 Å². The second-order valence-corrected chi connectivity index (χ2v) is 7.92. The molecule has 6 nitrogen and oxygen atoms in total. The van der Waals surface area contributed by atoms with Gasteiger partial charge < -0.3 is 15.5 Å². The minimum absolute atomic E-state index is 0.169. The van der Waals surface area contributed by atoms with Crippen molar-refractivity contribution in [1.29, 1.82) is 0 Å². The minimum Gasteiger partial charge on any atom is -0.332 e. The first kappa shape index (κ1) is 16.6. The maximum Gasteiger partial charge on any atom is 0.238 e. The normalized spacial score (nSPS) is 24.6. The average molecular weight is 465 g/mol. The number of thiocarbonyl (C=S) groups is 1. The Morgan fingerprint density at radius 1 is 1.36 bits per heavy atom. The summed E-state index contributed by atoms with van der Waals surface area (Å²) in [6.45, 7) is 0.803. The minimum atomic E-state index is -0.211. The summed E-state index contributed by atoms with van der Waals surface area (Å²) in [5.41, 5.74) is 3.06. The zero-order valence-electron chi connectivity index (χ0n) is 13.3. The van der Waals surface area contributed by atoms with Gasteiger partial charge in [0.1, 0.15) is 0 Å². The molecule has 3 heterocycles. The van der Waals surface area contributed by atoms with E-state index < -0.39 is 0 Å². The third kappa shape index (κ3) is 3.08. The number of allylic oxidation sites excluding steroid dienone is 4. The maximum atomic E-state index is 12.7. The van der Waals surface area contributed by atoms with Crippen LogP contribution in [0, 0.1) is 5.92 Å². The molecule has 1 fully saturated rings. The van der Waals surface area contributed by atoms with Gasteiger partial charge in [0.25, 0.3) is 0 Å². The van der Waals surface area contributed by atoms with Crippen molar-refractivity contribution in [3.8, 4) is 0 Å². The zero-order chi connectivity index (χ0) is 17.4. The summed E-state index contributed by atoms with van der Waals surface area (Å²) >= 11 is 7.84. The van der Waals surface area contributed by atoms with Crippen LogP contribution >= 0.6 is 34.8 Å². The SMILES string of the molecule is O=C1C2C=CC=C(NC(=S)Nc3cnccn3)C2=C2C(I)CCCN12. The van der Waals surface area contributed by atoms with E-state index in [0.29, 0.717) is 14.9 Å². The van der Waals surface area contributed by atoms with E-state index in [0.717, 1.165) is 36.4 Å². The van der Waals surface area contributed by atoms with E-state index in [-0.39, 0.29) is 11.8 Å². The van der Waals surface area contributed by atoms with Crippen molar-refractivity contribution in [1.82, 2.24) is 20.2 Å². The van der Waals surface area contributed by atoms with Crippen molar-refractivity contribution in [3.63, 3.8) is 0 Å². The van der Waals surface area contributed by atoms with Crippen LogP contribution < -0.4 is 10.6 Å². The zero-order valence-corrected chi connectivity index (χ0v) is 16.3. The largest absolute Gasteiger partial charge is 0.332 e. The molecular weight excluding hydrogens is 449 g/mol. The van der Waals surface area contributed by atoms with Gasteiger partial charge in [-0.05, 0) is 31.1 Å². The molecule has 0 radical (unpaired) electrons. The molecule has 2 atom stereocenters. The fraction of sp³-hybridized carbons (Fsp3) is 0.294. The standard InChI is InChI=1S/C17H16IN5OS/c18-11-4-2-8-23-15(11)14-10(16(23)24)3-1-5-12(14)21-17(25)22-13-9-19-6-7-20-13/h1,3,5-7,9-11H,2,4,8H2,(H2,20,21,22,25). The third-order valence-corrected chi connectivity index (χ3v) is 5.87. The first-order valence-corrected chi connectivity index (χ1v) is 9.73. The average Bonchev–Trinajstić information content (AvgIpc) is 2.91. The van der Waals surface area contributed by atoms with Crippen LogP contribution in [0.2, 0.25) is 0 Å². The molecule has 3 aliphatic rings. The fourth-order valence-corrected chi connectivity index (χ4v) is 4.75. The smallest absolute Gasteiger partial charge is 0.238 e. The summed E-state index contributed by atoms with van der Waals surface area (Å²) in [6.07, 6.45) is 12.8. The summed E-state index contributed by atoms with van der Waals surface area (Å²) < 4.78 is 0.341. The van der Waals surface area contributed by atoms with Gasteiger partial charge in [0.2, 0.25) is 5.91 Å². The van der Waals surface area contributed by atoms with Gasteiger partial charge in [-0.3, -0.25) is 9.78 Å². The predicted octanol–water partition coefficient (Wildman–Crippen LogP) is 2.53. The van der Waals surface area contributed by atoms with Crippen molar-refractivity contribution >= 4 is 51.6 Å². The van der Waals surface area contributed by atoms with Gasteiger partial charge in [-0.15, -0.1) is 0 Å². The number of aromatic nitrogens is 2. The van der Waals surface area contributed by atoms with Crippen LogP contribution in [0.1, 0.15) is 12.8 Å². The number of nitrogens with zero attached hydrogens (tertiary/aromatic N) is 3. The highest BCUT2D eigenvalue weighted by molar-refractivity contribution is 14.1. The van der Waals surface area contributed by atoms with E-state index >= 15 is 0 Å². The Bertz CT molecular complexity index is 820. The molecule has 0 aromatic carbocycles. The number of rotatable bonds is 2. The van der Waals surface area contributed by atoms with E-state index in [9.17, 15) is 4.79 Å². The van der Waals surface area contributed by atoms with Gasteiger partial charge in [0.05, 0.1) is 16.0 Å². The van der Waals surface area contributed by atoms with Gasteiger partial charge in [-0.2, -0.15) is 0 Å². The Morgan fingerprint density at radius 3 is 3.04 bits per heavy atom. The number of alkyl halides is 1. The maximum absolute atomic E-state index is 12.7. The highest BCUT2D eigenvalue weighted by Crippen LogP contribution is 2.43. The monoisotopic (exact) mass is 465 g/mol. The molecule has 2 unspecified atom stereocenters. The van der Waals surface area contributed by atoms with E-state index in [1.165, 1.54) is 0 Å². The van der Waals surface area contributed by atoms with E-state index in [2.05, 4.69) is 43.2 Å². The topological polar surface area (TPSA) is 70.1 Å². The molecule has 2 aliphatic heterocycles. The summed E-state index contributed by atoms with van der Waals surface area (Å²) in [7, 11) is 0. The van der Waals surface area contributed by atoms with Crippen LogP contribution in [-0.4, -0.2) is 36.4 Å². The number of amides is 1. The molecule has 0 bridgehead atoms. The molecule has 1 saturated heterocycles. The Kier molecular flexibility index (Phi) is 4.55. The first-order valence-electron chi connectivity index (χ1n) is 8.07. The number of hydrogen-bond acceptors (Lipinski definition) is 4. The molecule has 4 rings (SSSR count). The van der Waals surface area contributed by atoms with Gasteiger partial charge in [-0.25, -0.2) is 4.98 Å². The number of halogens is 1.